The molecule has 0 bridgehead atoms. The molecule has 0 N–H and O–H groups in total. The SMILES string of the molecule is CC/C=C\C/C=C\C/C=C\C/C=C\C/C=C\C/C=C\C/C=C\CCCC(=O)OC(COC(=O)CCCCCCCCCCCCCCCCCCCCC/C=C\C/C=C\CCCCCCC)COP(=O)([O-])OCC[N+](C)(C)C. The van der Waals surface area contributed by atoms with Crippen LogP contribution in [0.25, 0.3) is 0 Å². The van der Waals surface area contributed by atoms with E-state index in [1.54, 1.807) is 0 Å². The van der Waals surface area contributed by atoms with E-state index in [4.69, 9.17) is 18.5 Å². The zero-order valence-electron chi connectivity index (χ0n) is 50.8. The predicted octanol–water partition coefficient (Wildman–Crippen LogP) is 19.5. The van der Waals surface area contributed by atoms with Gasteiger partial charge in [-0.25, -0.2) is 0 Å². The molecule has 10 heteroatoms. The number of ether oxygens (including phenoxy) is 2. The Labute approximate surface area is 480 Å². The first-order valence-corrected chi connectivity index (χ1v) is 33.1. The van der Waals surface area contributed by atoms with Crippen molar-refractivity contribution >= 4 is 19.8 Å². The standard InChI is InChI=1S/C68H118NO8P/c1-6-8-10-12-14-16-18-20-22-24-26-28-30-31-32-33-34-35-36-37-39-40-42-44-46-48-50-52-54-56-58-60-67(70)74-64-66(65-76-78(72,73)75-63-62-69(3,4)5)77-68(71)61-59-57-55-53-51-49-47-45-43-41-38-29-27-25-23-21-19-17-15-13-11-9-7-2/h9,11,15,17-18,20-21,23-24,26-27,29,41,43,47,49,53,55,66H,6-8,10,12-14,16,19,22,25,28,30-40,42,44-46,48,50-52,54,56-65H2,1-5H3/b11-9-,17-15-,20-18-,23-21-,26-24-,29-27-,43-41-,49-47-,55-53-. The number of carbonyl (C=O) groups excluding carboxylic acids is 2. The molecule has 0 aliphatic rings. The average Bonchev–Trinajstić information content (AvgIpc) is 3.40. The van der Waals surface area contributed by atoms with E-state index in [2.05, 4.69) is 117 Å². The molecule has 0 aliphatic carbocycles. The zero-order chi connectivity index (χ0) is 57.0. The number of hydrogen-bond acceptors (Lipinski definition) is 8. The molecule has 0 spiro atoms. The summed E-state index contributed by atoms with van der Waals surface area (Å²) in [6.45, 7) is 4.06. The van der Waals surface area contributed by atoms with Gasteiger partial charge in [-0.05, 0) is 96.3 Å². The maximum Gasteiger partial charge on any atom is 0.306 e. The van der Waals surface area contributed by atoms with Crippen molar-refractivity contribution in [3.63, 3.8) is 0 Å². The van der Waals surface area contributed by atoms with Gasteiger partial charge in [-0.3, -0.25) is 14.2 Å². The molecule has 0 fully saturated rings. The number of carbonyl (C=O) groups is 2. The van der Waals surface area contributed by atoms with Gasteiger partial charge in [0.25, 0.3) is 7.82 Å². The van der Waals surface area contributed by atoms with Crippen molar-refractivity contribution in [3.05, 3.63) is 109 Å². The fraction of sp³-hybridized carbons (Fsp3) is 0.706. The first-order chi connectivity index (χ1) is 38.0. The Kier molecular flexibility index (Phi) is 55.8. The van der Waals surface area contributed by atoms with Crippen LogP contribution in [0.15, 0.2) is 109 Å². The lowest BCUT2D eigenvalue weighted by Gasteiger charge is -2.28. The third kappa shape index (κ3) is 61.9. The number of likely N-dealkylation sites (N-methyl/N-ethyl adjacent to an activating group) is 1. The van der Waals surface area contributed by atoms with Crippen LogP contribution >= 0.6 is 7.82 Å². The monoisotopic (exact) mass is 1110 g/mol. The number of rotatable bonds is 57. The third-order valence-electron chi connectivity index (χ3n) is 13.3. The van der Waals surface area contributed by atoms with Crippen LogP contribution < -0.4 is 4.89 Å². The highest BCUT2D eigenvalue weighted by Crippen LogP contribution is 2.38. The van der Waals surface area contributed by atoms with Gasteiger partial charge in [0.1, 0.15) is 19.8 Å². The second-order valence-corrected chi connectivity index (χ2v) is 23.4. The molecule has 448 valence electrons. The van der Waals surface area contributed by atoms with Crippen LogP contribution in [-0.4, -0.2) is 70.0 Å². The number of unbranched alkanes of at least 4 members (excludes halogenated alkanes) is 25. The lowest BCUT2D eigenvalue weighted by atomic mass is 10.0. The Balaban J connectivity index is 4.16. The van der Waals surface area contributed by atoms with E-state index in [1.807, 2.05) is 27.2 Å². The molecule has 0 amide bonds. The molecule has 0 aliphatic heterocycles. The molecule has 0 aromatic heterocycles. The highest BCUT2D eigenvalue weighted by atomic mass is 31.2. The number of quaternary nitrogens is 1. The predicted molar refractivity (Wildman–Crippen MR) is 332 cm³/mol. The van der Waals surface area contributed by atoms with E-state index < -0.39 is 32.5 Å². The van der Waals surface area contributed by atoms with Crippen LogP contribution in [0.2, 0.25) is 0 Å². The minimum atomic E-state index is -4.66. The molecule has 0 aromatic rings. The molecule has 0 aromatic carbocycles. The largest absolute Gasteiger partial charge is 0.756 e. The summed E-state index contributed by atoms with van der Waals surface area (Å²) in [6, 6.07) is 0. The summed E-state index contributed by atoms with van der Waals surface area (Å²) in [5.41, 5.74) is 0. The fourth-order valence-electron chi connectivity index (χ4n) is 8.44. The van der Waals surface area contributed by atoms with Crippen LogP contribution in [0.1, 0.15) is 258 Å². The van der Waals surface area contributed by atoms with Crippen molar-refractivity contribution < 1.29 is 42.1 Å². The van der Waals surface area contributed by atoms with Crippen molar-refractivity contribution in [2.24, 2.45) is 0 Å². The van der Waals surface area contributed by atoms with Gasteiger partial charge >= 0.3 is 11.9 Å². The lowest BCUT2D eigenvalue weighted by molar-refractivity contribution is -0.870. The molecule has 78 heavy (non-hydrogen) atoms. The molecule has 2 unspecified atom stereocenters. The van der Waals surface area contributed by atoms with Gasteiger partial charge in [0.2, 0.25) is 0 Å². The second-order valence-electron chi connectivity index (χ2n) is 22.0. The maximum absolute atomic E-state index is 12.8. The summed E-state index contributed by atoms with van der Waals surface area (Å²) < 4.78 is 34.1. The molecule has 0 radical (unpaired) electrons. The molecule has 0 saturated heterocycles. The molecule has 0 rings (SSSR count). The van der Waals surface area contributed by atoms with E-state index in [0.29, 0.717) is 23.9 Å². The summed E-state index contributed by atoms with van der Waals surface area (Å²) in [4.78, 5) is 37.9. The Morgan fingerprint density at radius 2 is 0.744 bits per heavy atom. The first kappa shape index (κ1) is 74.7. The fourth-order valence-corrected chi connectivity index (χ4v) is 9.17. The van der Waals surface area contributed by atoms with Crippen LogP contribution in [0.3, 0.4) is 0 Å². The van der Waals surface area contributed by atoms with Crippen molar-refractivity contribution in [1.29, 1.82) is 0 Å². The van der Waals surface area contributed by atoms with Crippen LogP contribution in [0, 0.1) is 0 Å². The first-order valence-electron chi connectivity index (χ1n) is 31.6. The summed E-state index contributed by atoms with van der Waals surface area (Å²) in [5.74, 6) is -0.903. The highest BCUT2D eigenvalue weighted by Gasteiger charge is 2.21. The Morgan fingerprint density at radius 1 is 0.410 bits per heavy atom. The summed E-state index contributed by atoms with van der Waals surface area (Å²) in [7, 11) is 1.12. The topological polar surface area (TPSA) is 111 Å². The number of nitrogens with zero attached hydrogens (tertiary/aromatic N) is 1. The Hall–Kier alpha value is -3.33. The van der Waals surface area contributed by atoms with Crippen molar-refractivity contribution in [3.8, 4) is 0 Å². The smallest absolute Gasteiger partial charge is 0.306 e. The Bertz CT molecular complexity index is 1680. The van der Waals surface area contributed by atoms with E-state index in [-0.39, 0.29) is 26.1 Å². The van der Waals surface area contributed by atoms with E-state index in [9.17, 15) is 19.0 Å². The van der Waals surface area contributed by atoms with Crippen molar-refractivity contribution in [1.82, 2.24) is 0 Å². The van der Waals surface area contributed by atoms with Crippen LogP contribution in [-0.2, 0) is 32.7 Å². The summed E-state index contributed by atoms with van der Waals surface area (Å²) >= 11 is 0. The number of phosphoric ester groups is 1. The molecular formula is C68H118NO8P. The van der Waals surface area contributed by atoms with Gasteiger partial charge in [0.05, 0.1) is 27.7 Å². The summed E-state index contributed by atoms with van der Waals surface area (Å²) in [6.07, 6.45) is 81.7. The Morgan fingerprint density at radius 3 is 1.13 bits per heavy atom. The molecule has 0 saturated carbocycles. The normalized spacial score (nSPS) is 14.0. The van der Waals surface area contributed by atoms with Crippen LogP contribution in [0.5, 0.6) is 0 Å². The average molecular weight is 1110 g/mol. The van der Waals surface area contributed by atoms with E-state index in [1.165, 1.54) is 148 Å². The van der Waals surface area contributed by atoms with Gasteiger partial charge in [-0.15, -0.1) is 0 Å². The quantitative estimate of drug-likeness (QED) is 0.0195. The molecular weight excluding hydrogens is 990 g/mol. The van der Waals surface area contributed by atoms with Gasteiger partial charge < -0.3 is 27.9 Å². The lowest BCUT2D eigenvalue weighted by Crippen LogP contribution is -2.37. The minimum absolute atomic E-state index is 0.0464. The summed E-state index contributed by atoms with van der Waals surface area (Å²) in [5, 5.41) is 0. The minimum Gasteiger partial charge on any atom is -0.756 e. The highest BCUT2D eigenvalue weighted by molar-refractivity contribution is 7.45. The number of esters is 2. The van der Waals surface area contributed by atoms with Gasteiger partial charge in [-0.1, -0.05) is 258 Å². The number of allylic oxidation sites excluding steroid dienone is 18. The van der Waals surface area contributed by atoms with Gasteiger partial charge in [0.15, 0.2) is 6.10 Å². The third-order valence-corrected chi connectivity index (χ3v) is 14.2. The molecule has 9 nitrogen and oxygen atoms in total. The van der Waals surface area contributed by atoms with E-state index >= 15 is 0 Å². The van der Waals surface area contributed by atoms with E-state index in [0.717, 1.165) is 70.6 Å². The zero-order valence-corrected chi connectivity index (χ0v) is 51.7. The van der Waals surface area contributed by atoms with Crippen molar-refractivity contribution in [2.75, 3.05) is 47.5 Å². The van der Waals surface area contributed by atoms with Gasteiger partial charge in [-0.2, -0.15) is 0 Å². The number of phosphoric acid groups is 1. The number of hydrogen-bond donors (Lipinski definition) is 0. The van der Waals surface area contributed by atoms with Crippen molar-refractivity contribution in [2.45, 2.75) is 264 Å². The second kappa shape index (κ2) is 58.3. The van der Waals surface area contributed by atoms with Crippen LogP contribution in [0.4, 0.5) is 0 Å². The molecule has 0 heterocycles. The molecule has 2 atom stereocenters. The van der Waals surface area contributed by atoms with Gasteiger partial charge in [0, 0.05) is 12.8 Å². The maximum atomic E-state index is 12.8.